The SMILES string of the molecule is N#Cc1c(NC(=O)C2CCCNC2)sc2c1CCCCC2. The van der Waals surface area contributed by atoms with E-state index >= 15 is 0 Å². The smallest absolute Gasteiger partial charge is 0.229 e. The molecule has 0 aromatic carbocycles. The number of nitriles is 1. The Hall–Kier alpha value is -1.38. The molecule has 4 nitrogen and oxygen atoms in total. The van der Waals surface area contributed by atoms with Crippen molar-refractivity contribution in [2.24, 2.45) is 5.92 Å². The van der Waals surface area contributed by atoms with Crippen molar-refractivity contribution in [1.82, 2.24) is 5.32 Å². The number of nitrogens with one attached hydrogen (secondary N) is 2. The predicted molar refractivity (Wildman–Crippen MR) is 84.5 cm³/mol. The van der Waals surface area contributed by atoms with E-state index in [0.29, 0.717) is 5.56 Å². The molecule has 0 saturated carbocycles. The van der Waals surface area contributed by atoms with Crippen molar-refractivity contribution in [3.8, 4) is 6.07 Å². The summed E-state index contributed by atoms with van der Waals surface area (Å²) in [5.41, 5.74) is 1.91. The molecule has 1 aromatic heterocycles. The van der Waals surface area contributed by atoms with Crippen LogP contribution in [0.5, 0.6) is 0 Å². The number of fused-ring (bicyclic) bond motifs is 1. The van der Waals surface area contributed by atoms with Gasteiger partial charge in [-0.15, -0.1) is 11.3 Å². The van der Waals surface area contributed by atoms with Crippen LogP contribution in [0.1, 0.15) is 48.1 Å². The highest BCUT2D eigenvalue weighted by Gasteiger charge is 2.25. The number of aryl methyl sites for hydroxylation is 1. The predicted octanol–water partition coefficient (Wildman–Crippen LogP) is 2.83. The van der Waals surface area contributed by atoms with Crippen molar-refractivity contribution in [3.63, 3.8) is 0 Å². The number of anilines is 1. The largest absolute Gasteiger partial charge is 0.316 e. The second kappa shape index (κ2) is 6.59. The first-order chi connectivity index (χ1) is 10.3. The molecule has 112 valence electrons. The Bertz CT molecular complexity index is 567. The van der Waals surface area contributed by atoms with Crippen molar-refractivity contribution in [2.75, 3.05) is 18.4 Å². The van der Waals surface area contributed by atoms with E-state index in [1.807, 2.05) is 0 Å². The molecule has 1 saturated heterocycles. The average molecular weight is 303 g/mol. The van der Waals surface area contributed by atoms with Crippen LogP contribution in [0.2, 0.25) is 0 Å². The van der Waals surface area contributed by atoms with Crippen LogP contribution >= 0.6 is 11.3 Å². The number of hydrogen-bond acceptors (Lipinski definition) is 4. The molecular weight excluding hydrogens is 282 g/mol. The maximum atomic E-state index is 12.4. The Morgan fingerprint density at radius 1 is 1.29 bits per heavy atom. The molecule has 3 rings (SSSR count). The molecule has 2 heterocycles. The van der Waals surface area contributed by atoms with E-state index in [-0.39, 0.29) is 11.8 Å². The van der Waals surface area contributed by atoms with Gasteiger partial charge in [-0.05, 0) is 50.6 Å². The monoisotopic (exact) mass is 303 g/mol. The van der Waals surface area contributed by atoms with E-state index in [9.17, 15) is 10.1 Å². The lowest BCUT2D eigenvalue weighted by atomic mass is 9.99. The van der Waals surface area contributed by atoms with Gasteiger partial charge in [-0.25, -0.2) is 0 Å². The van der Waals surface area contributed by atoms with E-state index in [0.717, 1.165) is 50.2 Å². The van der Waals surface area contributed by atoms with Crippen LogP contribution in [0.4, 0.5) is 5.00 Å². The summed E-state index contributed by atoms with van der Waals surface area (Å²) in [4.78, 5) is 13.7. The molecule has 2 aliphatic rings. The third kappa shape index (κ3) is 3.12. The topological polar surface area (TPSA) is 64.9 Å². The van der Waals surface area contributed by atoms with Crippen LogP contribution in [0.25, 0.3) is 0 Å². The number of nitrogens with zero attached hydrogens (tertiary/aromatic N) is 1. The van der Waals surface area contributed by atoms with Gasteiger partial charge in [0.2, 0.25) is 5.91 Å². The minimum absolute atomic E-state index is 0.0344. The van der Waals surface area contributed by atoms with Crippen LogP contribution in [0, 0.1) is 17.2 Å². The Morgan fingerprint density at radius 2 is 2.14 bits per heavy atom. The quantitative estimate of drug-likeness (QED) is 0.826. The fourth-order valence-electron chi connectivity index (χ4n) is 3.24. The Morgan fingerprint density at radius 3 is 2.90 bits per heavy atom. The second-order valence-corrected chi connectivity index (χ2v) is 7.02. The lowest BCUT2D eigenvalue weighted by molar-refractivity contribution is -0.120. The number of thiophene rings is 1. The summed E-state index contributed by atoms with van der Waals surface area (Å²) >= 11 is 1.62. The molecule has 1 fully saturated rings. The van der Waals surface area contributed by atoms with E-state index in [4.69, 9.17) is 0 Å². The van der Waals surface area contributed by atoms with Crippen LogP contribution in [0.3, 0.4) is 0 Å². The Kier molecular flexibility index (Phi) is 4.57. The standard InChI is InChI=1S/C16H21N3OS/c17-9-13-12-6-2-1-3-7-14(12)21-16(13)19-15(20)11-5-4-8-18-10-11/h11,18H,1-8,10H2,(H,19,20). The zero-order valence-electron chi connectivity index (χ0n) is 12.2. The number of carbonyl (C=O) groups excluding carboxylic acids is 1. The van der Waals surface area contributed by atoms with Gasteiger partial charge in [0.25, 0.3) is 0 Å². The van der Waals surface area contributed by atoms with Crippen LogP contribution < -0.4 is 10.6 Å². The normalized spacial score (nSPS) is 22.0. The molecule has 1 amide bonds. The summed E-state index contributed by atoms with van der Waals surface area (Å²) in [7, 11) is 0. The maximum Gasteiger partial charge on any atom is 0.229 e. The molecule has 0 radical (unpaired) electrons. The van der Waals surface area contributed by atoms with Gasteiger partial charge in [-0.3, -0.25) is 4.79 Å². The van der Waals surface area contributed by atoms with E-state index in [1.165, 1.54) is 23.3 Å². The van der Waals surface area contributed by atoms with Crippen LogP contribution in [-0.2, 0) is 17.6 Å². The molecule has 0 spiro atoms. The Labute approximate surface area is 129 Å². The highest BCUT2D eigenvalue weighted by molar-refractivity contribution is 7.16. The van der Waals surface area contributed by atoms with Gasteiger partial charge in [0.05, 0.1) is 11.5 Å². The fourth-order valence-corrected chi connectivity index (χ4v) is 4.48. The number of piperidine rings is 1. The molecule has 1 aliphatic carbocycles. The zero-order chi connectivity index (χ0) is 14.7. The summed E-state index contributed by atoms with van der Waals surface area (Å²) in [5.74, 6) is 0.0994. The molecule has 1 aliphatic heterocycles. The fraction of sp³-hybridized carbons (Fsp3) is 0.625. The van der Waals surface area contributed by atoms with Gasteiger partial charge in [-0.1, -0.05) is 6.42 Å². The van der Waals surface area contributed by atoms with Crippen molar-refractivity contribution in [1.29, 1.82) is 5.26 Å². The highest BCUT2D eigenvalue weighted by Crippen LogP contribution is 2.37. The molecule has 2 N–H and O–H groups in total. The third-order valence-electron chi connectivity index (χ3n) is 4.44. The Balaban J connectivity index is 1.79. The molecule has 21 heavy (non-hydrogen) atoms. The van der Waals surface area contributed by atoms with Crippen molar-refractivity contribution >= 4 is 22.2 Å². The number of amides is 1. The van der Waals surface area contributed by atoms with E-state index in [1.54, 1.807) is 11.3 Å². The van der Waals surface area contributed by atoms with Crippen LogP contribution in [-0.4, -0.2) is 19.0 Å². The molecule has 1 unspecified atom stereocenters. The van der Waals surface area contributed by atoms with Gasteiger partial charge < -0.3 is 10.6 Å². The summed E-state index contributed by atoms with van der Waals surface area (Å²) in [6.07, 6.45) is 7.60. The minimum Gasteiger partial charge on any atom is -0.316 e. The van der Waals surface area contributed by atoms with Crippen molar-refractivity contribution in [3.05, 3.63) is 16.0 Å². The first kappa shape index (κ1) is 14.6. The van der Waals surface area contributed by atoms with Gasteiger partial charge in [0, 0.05) is 11.4 Å². The molecule has 0 bridgehead atoms. The number of hydrogen-bond donors (Lipinski definition) is 2. The first-order valence-corrected chi connectivity index (χ1v) is 8.67. The third-order valence-corrected chi connectivity index (χ3v) is 5.64. The molecular formula is C16H21N3OS. The molecule has 1 aromatic rings. The van der Waals surface area contributed by atoms with E-state index in [2.05, 4.69) is 16.7 Å². The van der Waals surface area contributed by atoms with Crippen molar-refractivity contribution in [2.45, 2.75) is 44.9 Å². The summed E-state index contributed by atoms with van der Waals surface area (Å²) in [5, 5.41) is 16.5. The molecule has 5 heteroatoms. The van der Waals surface area contributed by atoms with Crippen LogP contribution in [0.15, 0.2) is 0 Å². The number of carbonyl (C=O) groups is 1. The number of rotatable bonds is 2. The van der Waals surface area contributed by atoms with Gasteiger partial charge in [0.15, 0.2) is 0 Å². The summed E-state index contributed by atoms with van der Waals surface area (Å²) in [6.45, 7) is 1.75. The van der Waals surface area contributed by atoms with Gasteiger partial charge >= 0.3 is 0 Å². The zero-order valence-corrected chi connectivity index (χ0v) is 13.0. The maximum absolute atomic E-state index is 12.4. The second-order valence-electron chi connectivity index (χ2n) is 5.91. The van der Waals surface area contributed by atoms with E-state index < -0.39 is 0 Å². The minimum atomic E-state index is 0.0344. The van der Waals surface area contributed by atoms with Gasteiger partial charge in [0.1, 0.15) is 11.1 Å². The lowest BCUT2D eigenvalue weighted by Crippen LogP contribution is -2.37. The first-order valence-electron chi connectivity index (χ1n) is 7.86. The highest BCUT2D eigenvalue weighted by atomic mass is 32.1. The lowest BCUT2D eigenvalue weighted by Gasteiger charge is -2.21. The molecule has 1 atom stereocenters. The average Bonchev–Trinajstić information content (AvgIpc) is 2.68. The van der Waals surface area contributed by atoms with Gasteiger partial charge in [-0.2, -0.15) is 5.26 Å². The summed E-state index contributed by atoms with van der Waals surface area (Å²) < 4.78 is 0. The van der Waals surface area contributed by atoms with Crippen molar-refractivity contribution < 1.29 is 4.79 Å². The summed E-state index contributed by atoms with van der Waals surface area (Å²) in [6, 6.07) is 2.32.